The first-order valence-corrected chi connectivity index (χ1v) is 6.54. The third kappa shape index (κ3) is 2.23. The van der Waals surface area contributed by atoms with E-state index in [0.29, 0.717) is 0 Å². The van der Waals surface area contributed by atoms with E-state index in [1.165, 1.54) is 0 Å². The van der Waals surface area contributed by atoms with Crippen molar-refractivity contribution in [3.05, 3.63) is 71.8 Å². The van der Waals surface area contributed by atoms with E-state index in [1.807, 2.05) is 60.7 Å². The number of alkyl halides is 2. The van der Waals surface area contributed by atoms with Gasteiger partial charge in [-0.25, -0.2) is 0 Å². The number of rotatable bonds is 3. The molecule has 0 radical (unpaired) electrons. The topological polar surface area (TPSA) is 0 Å². The Kier molecular flexibility index (Phi) is 3.04. The molecule has 0 saturated heterocycles. The van der Waals surface area contributed by atoms with Crippen LogP contribution in [0.3, 0.4) is 0 Å². The lowest BCUT2D eigenvalue weighted by atomic mass is 9.93. The lowest BCUT2D eigenvalue weighted by molar-refractivity contribution is 0.881. The third-order valence-electron chi connectivity index (χ3n) is 2.47. The van der Waals surface area contributed by atoms with Gasteiger partial charge in [-0.05, 0) is 11.1 Å². The van der Waals surface area contributed by atoms with Crippen molar-refractivity contribution in [1.82, 2.24) is 0 Å². The Labute approximate surface area is 116 Å². The average molecular weight is 342 g/mol. The minimum Gasteiger partial charge on any atom is -0.0905 e. The molecule has 0 unspecified atom stereocenters. The van der Waals surface area contributed by atoms with Crippen LogP contribution in [0.4, 0.5) is 0 Å². The van der Waals surface area contributed by atoms with E-state index in [4.69, 9.17) is 2.74 Å². The van der Waals surface area contributed by atoms with Crippen molar-refractivity contribution >= 4 is 31.9 Å². The van der Waals surface area contributed by atoms with Crippen LogP contribution < -0.4 is 0 Å². The molecule has 0 spiro atoms. The summed E-state index contributed by atoms with van der Waals surface area (Å²) in [5.74, 6) is 0. The molecule has 0 aliphatic rings. The van der Waals surface area contributed by atoms with Gasteiger partial charge in [0.25, 0.3) is 0 Å². The number of benzene rings is 2. The van der Waals surface area contributed by atoms with Crippen LogP contribution in [-0.2, 0) is 4.32 Å². The highest BCUT2D eigenvalue weighted by Crippen LogP contribution is 2.39. The van der Waals surface area contributed by atoms with Crippen LogP contribution in [0.15, 0.2) is 60.7 Å². The Morgan fingerprint density at radius 1 is 0.875 bits per heavy atom. The van der Waals surface area contributed by atoms with Gasteiger partial charge in [-0.3, -0.25) is 0 Å². The third-order valence-corrected chi connectivity index (χ3v) is 4.71. The number of hydrogen-bond donors (Lipinski definition) is 0. The molecule has 2 aromatic carbocycles. The molecule has 0 aromatic heterocycles. The van der Waals surface area contributed by atoms with E-state index in [2.05, 4.69) is 31.9 Å². The molecule has 0 heterocycles. The maximum atomic E-state index is 8.10. The van der Waals surface area contributed by atoms with Crippen LogP contribution in [-0.4, -0.2) is 5.28 Å². The summed E-state index contributed by atoms with van der Waals surface area (Å²) < 4.78 is 15.3. The van der Waals surface area contributed by atoms with E-state index in [1.54, 1.807) is 0 Å². The second-order valence-electron chi connectivity index (χ2n) is 3.49. The summed E-state index contributed by atoms with van der Waals surface area (Å²) in [7, 11) is 0. The molecule has 0 nitrogen and oxygen atoms in total. The molecule has 0 atom stereocenters. The summed E-state index contributed by atoms with van der Waals surface area (Å²) in [5, 5.41) is -1.61. The number of hydrogen-bond acceptors (Lipinski definition) is 0. The summed E-state index contributed by atoms with van der Waals surface area (Å²) in [6, 6.07) is 19.2. The maximum Gasteiger partial charge on any atom is 0.0851 e. The van der Waals surface area contributed by atoms with E-state index in [-0.39, 0.29) is 0 Å². The predicted octanol–water partition coefficient (Wildman–Crippen LogP) is 4.72. The first kappa shape index (κ1) is 9.43. The first-order chi connectivity index (χ1) is 8.46. The molecule has 0 amide bonds. The van der Waals surface area contributed by atoms with E-state index in [0.717, 1.165) is 11.1 Å². The molecule has 0 aliphatic heterocycles. The maximum absolute atomic E-state index is 8.10. The second-order valence-corrected chi connectivity index (χ2v) is 5.07. The van der Waals surface area contributed by atoms with E-state index < -0.39 is 9.61 Å². The molecule has 0 N–H and O–H groups in total. The largest absolute Gasteiger partial charge is 0.0905 e. The second kappa shape index (κ2) is 5.15. The molecule has 16 heavy (non-hydrogen) atoms. The van der Waals surface area contributed by atoms with E-state index >= 15 is 0 Å². The zero-order valence-electron chi connectivity index (χ0n) is 10.5. The molecule has 2 aromatic rings. The molecular formula is C14H12Br2. The van der Waals surface area contributed by atoms with Crippen molar-refractivity contribution in [3.8, 4) is 0 Å². The first-order valence-electron chi connectivity index (χ1n) is 5.95. The molecule has 0 fully saturated rings. The van der Waals surface area contributed by atoms with E-state index in [9.17, 15) is 0 Å². The van der Waals surface area contributed by atoms with Crippen molar-refractivity contribution in [2.75, 3.05) is 5.28 Å². The highest BCUT2D eigenvalue weighted by atomic mass is 79.9. The highest BCUT2D eigenvalue weighted by molar-refractivity contribution is 9.12. The van der Waals surface area contributed by atoms with Crippen LogP contribution in [0.1, 0.15) is 13.9 Å². The lowest BCUT2D eigenvalue weighted by Gasteiger charge is -2.26. The van der Waals surface area contributed by atoms with Crippen LogP contribution in [0, 0.1) is 0 Å². The normalized spacial score (nSPS) is 14.1. The summed E-state index contributed by atoms with van der Waals surface area (Å²) in [5.41, 5.74) is 1.75. The van der Waals surface area contributed by atoms with Crippen molar-refractivity contribution < 1.29 is 2.74 Å². The fraction of sp³-hybridized carbons (Fsp3) is 0.143. The Morgan fingerprint density at radius 3 is 1.56 bits per heavy atom. The SMILES string of the molecule is [2H]C([2H])(Br)C(Br)(c1ccccc1)c1ccccc1. The van der Waals surface area contributed by atoms with Gasteiger partial charge in [0, 0.05) is 8.02 Å². The molecule has 0 aliphatic carbocycles. The van der Waals surface area contributed by atoms with Crippen LogP contribution in [0.2, 0.25) is 0 Å². The van der Waals surface area contributed by atoms with Gasteiger partial charge in [-0.2, -0.15) is 0 Å². The number of halogens is 2. The molecule has 2 rings (SSSR count). The summed E-state index contributed by atoms with van der Waals surface area (Å²) in [6.07, 6.45) is 0. The summed E-state index contributed by atoms with van der Waals surface area (Å²) in [4.78, 5) is 0. The fourth-order valence-electron chi connectivity index (χ4n) is 1.61. The van der Waals surface area contributed by atoms with Gasteiger partial charge in [0.2, 0.25) is 0 Å². The van der Waals surface area contributed by atoms with Crippen molar-refractivity contribution in [1.29, 1.82) is 0 Å². The highest BCUT2D eigenvalue weighted by Gasteiger charge is 2.29. The van der Waals surface area contributed by atoms with Gasteiger partial charge < -0.3 is 0 Å². The quantitative estimate of drug-likeness (QED) is 0.708. The molecular weight excluding hydrogens is 328 g/mol. The monoisotopic (exact) mass is 340 g/mol. The van der Waals surface area contributed by atoms with Gasteiger partial charge in [0.05, 0.1) is 4.32 Å². The van der Waals surface area contributed by atoms with Gasteiger partial charge >= 0.3 is 0 Å². The Balaban J connectivity index is 2.63. The molecule has 82 valence electrons. The van der Waals surface area contributed by atoms with Gasteiger partial charge in [-0.1, -0.05) is 92.5 Å². The van der Waals surface area contributed by atoms with Crippen molar-refractivity contribution in [2.24, 2.45) is 0 Å². The molecule has 0 saturated carbocycles. The smallest absolute Gasteiger partial charge is 0.0851 e. The zero-order chi connectivity index (χ0) is 13.2. The summed E-state index contributed by atoms with van der Waals surface area (Å²) >= 11 is 6.76. The van der Waals surface area contributed by atoms with Crippen LogP contribution in [0.25, 0.3) is 0 Å². The van der Waals surface area contributed by atoms with Gasteiger partial charge in [0.15, 0.2) is 0 Å². The summed E-state index contributed by atoms with van der Waals surface area (Å²) in [6.45, 7) is 0. The molecule has 2 heteroatoms. The van der Waals surface area contributed by atoms with Crippen molar-refractivity contribution in [3.63, 3.8) is 0 Å². The van der Waals surface area contributed by atoms with Gasteiger partial charge in [0.1, 0.15) is 0 Å². The Hall–Kier alpha value is -0.600. The van der Waals surface area contributed by atoms with Crippen molar-refractivity contribution in [2.45, 2.75) is 4.32 Å². The van der Waals surface area contributed by atoms with Crippen LogP contribution in [0.5, 0.6) is 0 Å². The lowest BCUT2D eigenvalue weighted by Crippen LogP contribution is -2.21. The minimum atomic E-state index is -1.61. The molecule has 0 bridgehead atoms. The Bertz CT molecular complexity index is 467. The fourth-order valence-corrected chi connectivity index (χ4v) is 2.60. The average Bonchev–Trinajstić information content (AvgIpc) is 2.38. The standard InChI is InChI=1S/C14H12Br2/c15-11-14(16,12-7-3-1-4-8-12)13-9-5-2-6-10-13/h1-10H,11H2/i11D2. The van der Waals surface area contributed by atoms with Crippen LogP contribution >= 0.6 is 31.9 Å². The predicted molar refractivity (Wildman–Crippen MR) is 76.4 cm³/mol. The van der Waals surface area contributed by atoms with Gasteiger partial charge in [-0.15, -0.1) is 0 Å². The zero-order valence-corrected chi connectivity index (χ0v) is 11.7. The Morgan fingerprint density at radius 2 is 1.25 bits per heavy atom. The minimum absolute atomic E-state index is 0.873.